The summed E-state index contributed by atoms with van der Waals surface area (Å²) >= 11 is 0. The molecular formula is C23H30FN3O3S. The van der Waals surface area contributed by atoms with Crippen molar-refractivity contribution >= 4 is 21.6 Å². The number of halogens is 1. The number of amides is 1. The molecule has 0 radical (unpaired) electrons. The molecule has 8 heteroatoms. The van der Waals surface area contributed by atoms with Gasteiger partial charge in [0.1, 0.15) is 5.82 Å². The van der Waals surface area contributed by atoms with Crippen molar-refractivity contribution in [1.29, 1.82) is 0 Å². The highest BCUT2D eigenvalue weighted by Gasteiger charge is 2.16. The maximum atomic E-state index is 13.4. The molecule has 0 atom stereocenters. The van der Waals surface area contributed by atoms with Crippen molar-refractivity contribution in [1.82, 2.24) is 10.2 Å². The lowest BCUT2D eigenvalue weighted by atomic mass is 10.2. The van der Waals surface area contributed by atoms with Crippen LogP contribution < -0.4 is 10.0 Å². The van der Waals surface area contributed by atoms with Crippen LogP contribution >= 0.6 is 0 Å². The fraction of sp³-hybridized carbons (Fsp3) is 0.435. The second-order valence-electron chi connectivity index (χ2n) is 7.96. The number of benzene rings is 2. The van der Waals surface area contributed by atoms with Crippen LogP contribution in [-0.4, -0.2) is 45.4 Å². The zero-order valence-corrected chi connectivity index (χ0v) is 18.7. The van der Waals surface area contributed by atoms with Crippen LogP contribution in [0.25, 0.3) is 0 Å². The topological polar surface area (TPSA) is 78.5 Å². The summed E-state index contributed by atoms with van der Waals surface area (Å²) in [5.41, 5.74) is 1.06. The number of aryl methyl sites for hydroxylation is 1. The third-order valence-corrected chi connectivity index (χ3v) is 6.85. The van der Waals surface area contributed by atoms with E-state index in [4.69, 9.17) is 0 Å². The van der Waals surface area contributed by atoms with Crippen molar-refractivity contribution < 1.29 is 17.6 Å². The van der Waals surface area contributed by atoms with Gasteiger partial charge in [0.2, 0.25) is 0 Å². The van der Waals surface area contributed by atoms with Gasteiger partial charge >= 0.3 is 0 Å². The van der Waals surface area contributed by atoms with Gasteiger partial charge in [0.05, 0.1) is 4.90 Å². The number of nitrogens with zero attached hydrogens (tertiary/aromatic N) is 1. The molecular weight excluding hydrogens is 417 g/mol. The van der Waals surface area contributed by atoms with Crippen LogP contribution in [0.4, 0.5) is 10.1 Å². The van der Waals surface area contributed by atoms with Crippen molar-refractivity contribution in [3.05, 3.63) is 59.4 Å². The van der Waals surface area contributed by atoms with Gasteiger partial charge in [0, 0.05) is 17.8 Å². The molecule has 0 bridgehead atoms. The SMILES string of the molecule is Cc1cc(S(=O)(=O)Nc2ccc(C(=O)NCCCN3CCCCCC3)cc2)ccc1F. The van der Waals surface area contributed by atoms with Crippen LogP contribution in [-0.2, 0) is 10.0 Å². The number of rotatable bonds is 8. The maximum absolute atomic E-state index is 13.4. The number of carbonyl (C=O) groups excluding carboxylic acids is 1. The first-order valence-electron chi connectivity index (χ1n) is 10.7. The average molecular weight is 448 g/mol. The molecule has 168 valence electrons. The largest absolute Gasteiger partial charge is 0.352 e. The van der Waals surface area contributed by atoms with Gasteiger partial charge in [-0.2, -0.15) is 0 Å². The molecule has 0 spiro atoms. The smallest absolute Gasteiger partial charge is 0.261 e. The average Bonchev–Trinajstić information content (AvgIpc) is 3.02. The summed E-state index contributed by atoms with van der Waals surface area (Å²) in [4.78, 5) is 14.8. The van der Waals surface area contributed by atoms with Gasteiger partial charge in [-0.3, -0.25) is 9.52 Å². The first-order chi connectivity index (χ1) is 14.8. The highest BCUT2D eigenvalue weighted by molar-refractivity contribution is 7.92. The molecule has 2 aromatic carbocycles. The molecule has 1 saturated heterocycles. The van der Waals surface area contributed by atoms with E-state index in [2.05, 4.69) is 14.9 Å². The number of nitrogens with one attached hydrogen (secondary N) is 2. The molecule has 1 aliphatic rings. The fourth-order valence-corrected chi connectivity index (χ4v) is 4.80. The quantitative estimate of drug-likeness (QED) is 0.601. The molecule has 2 aromatic rings. The van der Waals surface area contributed by atoms with Gasteiger partial charge in [0.15, 0.2) is 0 Å². The first-order valence-corrected chi connectivity index (χ1v) is 12.2. The van der Waals surface area contributed by atoms with Gasteiger partial charge in [-0.1, -0.05) is 12.8 Å². The molecule has 31 heavy (non-hydrogen) atoms. The number of anilines is 1. The summed E-state index contributed by atoms with van der Waals surface area (Å²) < 4.78 is 40.8. The van der Waals surface area contributed by atoms with E-state index >= 15 is 0 Å². The molecule has 2 N–H and O–H groups in total. The number of likely N-dealkylation sites (tertiary alicyclic amines) is 1. The Kier molecular flexibility index (Phi) is 8.03. The predicted molar refractivity (Wildman–Crippen MR) is 120 cm³/mol. The summed E-state index contributed by atoms with van der Waals surface area (Å²) in [7, 11) is -3.84. The Hall–Kier alpha value is -2.45. The van der Waals surface area contributed by atoms with E-state index in [1.165, 1.54) is 44.7 Å². The lowest BCUT2D eigenvalue weighted by Gasteiger charge is -2.19. The van der Waals surface area contributed by atoms with E-state index in [9.17, 15) is 17.6 Å². The summed E-state index contributed by atoms with van der Waals surface area (Å²) in [6.07, 6.45) is 6.03. The van der Waals surface area contributed by atoms with E-state index < -0.39 is 15.8 Å². The highest BCUT2D eigenvalue weighted by atomic mass is 32.2. The Balaban J connectivity index is 1.49. The lowest BCUT2D eigenvalue weighted by Crippen LogP contribution is -2.30. The summed E-state index contributed by atoms with van der Waals surface area (Å²) in [5, 5.41) is 2.92. The molecule has 1 fully saturated rings. The van der Waals surface area contributed by atoms with E-state index in [0.717, 1.165) is 32.1 Å². The lowest BCUT2D eigenvalue weighted by molar-refractivity contribution is 0.0951. The monoisotopic (exact) mass is 447 g/mol. The molecule has 6 nitrogen and oxygen atoms in total. The normalized spacial score (nSPS) is 15.3. The number of hydrogen-bond donors (Lipinski definition) is 2. The van der Waals surface area contributed by atoms with E-state index in [0.29, 0.717) is 17.8 Å². The van der Waals surface area contributed by atoms with Gasteiger partial charge in [-0.15, -0.1) is 0 Å². The second-order valence-corrected chi connectivity index (χ2v) is 9.64. The Morgan fingerprint density at radius 3 is 2.35 bits per heavy atom. The van der Waals surface area contributed by atoms with Crippen LogP contribution in [0.1, 0.15) is 48.0 Å². The number of sulfonamides is 1. The minimum absolute atomic E-state index is 0.0161. The van der Waals surface area contributed by atoms with E-state index in [1.807, 2.05) is 0 Å². The van der Waals surface area contributed by atoms with Crippen LogP contribution in [0.5, 0.6) is 0 Å². The number of hydrogen-bond acceptors (Lipinski definition) is 4. The summed E-state index contributed by atoms with van der Waals surface area (Å²) in [6, 6.07) is 9.88. The van der Waals surface area contributed by atoms with Gasteiger partial charge in [-0.25, -0.2) is 12.8 Å². The molecule has 3 rings (SSSR count). The summed E-state index contributed by atoms with van der Waals surface area (Å²) in [5.74, 6) is -0.639. The Morgan fingerprint density at radius 2 is 1.71 bits per heavy atom. The van der Waals surface area contributed by atoms with Crippen LogP contribution in [0.2, 0.25) is 0 Å². The highest BCUT2D eigenvalue weighted by Crippen LogP contribution is 2.19. The molecule has 0 aliphatic carbocycles. The Labute approximate surface area is 183 Å². The van der Waals surface area contributed by atoms with Crippen LogP contribution in [0, 0.1) is 12.7 Å². The van der Waals surface area contributed by atoms with Crippen molar-refractivity contribution in [2.24, 2.45) is 0 Å². The van der Waals surface area contributed by atoms with Crippen molar-refractivity contribution in [3.8, 4) is 0 Å². The molecule has 1 amide bonds. The predicted octanol–water partition coefficient (Wildman–Crippen LogP) is 3.93. The first kappa shape index (κ1) is 23.2. The second kappa shape index (κ2) is 10.7. The zero-order valence-electron chi connectivity index (χ0n) is 17.9. The minimum atomic E-state index is -3.84. The Morgan fingerprint density at radius 1 is 1.03 bits per heavy atom. The number of carbonyl (C=O) groups is 1. The fourth-order valence-electron chi connectivity index (χ4n) is 3.65. The molecule has 1 heterocycles. The van der Waals surface area contributed by atoms with Crippen LogP contribution in [0.3, 0.4) is 0 Å². The minimum Gasteiger partial charge on any atom is -0.352 e. The summed E-state index contributed by atoms with van der Waals surface area (Å²) in [6.45, 7) is 5.39. The third kappa shape index (κ3) is 6.77. The Bertz CT molecular complexity index is 986. The molecule has 0 unspecified atom stereocenters. The third-order valence-electron chi connectivity index (χ3n) is 5.47. The van der Waals surface area contributed by atoms with Gasteiger partial charge in [0.25, 0.3) is 15.9 Å². The molecule has 0 saturated carbocycles. The molecule has 0 aromatic heterocycles. The van der Waals surface area contributed by atoms with Crippen molar-refractivity contribution in [3.63, 3.8) is 0 Å². The van der Waals surface area contributed by atoms with Crippen LogP contribution in [0.15, 0.2) is 47.4 Å². The van der Waals surface area contributed by atoms with Gasteiger partial charge < -0.3 is 10.2 Å². The van der Waals surface area contributed by atoms with E-state index in [1.54, 1.807) is 24.3 Å². The van der Waals surface area contributed by atoms with Crippen molar-refractivity contribution in [2.45, 2.75) is 43.9 Å². The van der Waals surface area contributed by atoms with E-state index in [-0.39, 0.29) is 16.4 Å². The zero-order chi connectivity index (χ0) is 22.3. The van der Waals surface area contributed by atoms with Gasteiger partial charge in [-0.05, 0) is 93.8 Å². The van der Waals surface area contributed by atoms with Crippen molar-refractivity contribution in [2.75, 3.05) is 30.9 Å². The maximum Gasteiger partial charge on any atom is 0.261 e. The molecule has 1 aliphatic heterocycles. The standard InChI is InChI=1S/C23H30FN3O3S/c1-18-17-21(11-12-22(18)24)31(29,30)26-20-9-7-19(8-10-20)23(28)25-13-6-16-27-14-4-2-3-5-15-27/h7-12,17,26H,2-6,13-16H2,1H3,(H,25,28).